The highest BCUT2D eigenvalue weighted by Gasteiger charge is 2.22. The average molecular weight is 342 g/mol. The smallest absolute Gasteiger partial charge is 0.307 e. The summed E-state index contributed by atoms with van der Waals surface area (Å²) in [6.07, 6.45) is 0.133. The van der Waals surface area contributed by atoms with Crippen molar-refractivity contribution in [2.45, 2.75) is 13.3 Å². The molecule has 0 saturated heterocycles. The fourth-order valence-corrected chi connectivity index (χ4v) is 2.84. The van der Waals surface area contributed by atoms with E-state index in [0.29, 0.717) is 15.6 Å². The van der Waals surface area contributed by atoms with Crippen molar-refractivity contribution in [2.75, 3.05) is 5.75 Å². The zero-order valence-corrected chi connectivity index (χ0v) is 13.0. The number of hydrogen-bond acceptors (Lipinski definition) is 3. The van der Waals surface area contributed by atoms with Crippen LogP contribution in [0, 0.1) is 5.92 Å². The minimum atomic E-state index is -0.999. The van der Waals surface area contributed by atoms with Crippen LogP contribution in [-0.4, -0.2) is 21.9 Å². The molecule has 0 aliphatic rings. The third-order valence-electron chi connectivity index (χ3n) is 2.43. The third kappa shape index (κ3) is 4.88. The lowest BCUT2D eigenvalue weighted by Gasteiger charge is -2.14. The summed E-state index contributed by atoms with van der Waals surface area (Å²) in [6.45, 7) is 1.39. The highest BCUT2D eigenvalue weighted by atomic mass is 35.5. The largest absolute Gasteiger partial charge is 0.481 e. The number of thioether (sulfide) groups is 1. The van der Waals surface area contributed by atoms with Crippen LogP contribution in [0.3, 0.4) is 0 Å². The number of hydrogen-bond donors (Lipinski definition) is 1. The molecule has 0 bridgehead atoms. The van der Waals surface area contributed by atoms with Gasteiger partial charge >= 0.3 is 5.97 Å². The topological polar surface area (TPSA) is 54.4 Å². The SMILES string of the molecule is CC(=O)SCC(Cc1c(Cl)ccc(Cl)c1Cl)C(=O)O. The number of carboxylic acids is 1. The third-order valence-corrected chi connectivity index (χ3v) is 4.60. The Bertz CT molecular complexity index is 505. The zero-order chi connectivity index (χ0) is 14.6. The van der Waals surface area contributed by atoms with E-state index in [2.05, 4.69) is 0 Å². The highest BCUT2D eigenvalue weighted by Crippen LogP contribution is 2.33. The second-order valence-corrected chi connectivity index (χ2v) is 6.25. The summed E-state index contributed by atoms with van der Waals surface area (Å²) in [5, 5.41) is 9.97. The maximum absolute atomic E-state index is 11.2. The summed E-state index contributed by atoms with van der Waals surface area (Å²) in [5.41, 5.74) is 0.493. The summed E-state index contributed by atoms with van der Waals surface area (Å²) in [7, 11) is 0. The predicted molar refractivity (Wildman–Crippen MR) is 79.4 cm³/mol. The second kappa shape index (κ2) is 7.39. The van der Waals surface area contributed by atoms with Crippen LogP contribution in [0.2, 0.25) is 15.1 Å². The van der Waals surface area contributed by atoms with E-state index in [4.69, 9.17) is 39.9 Å². The molecule has 0 spiro atoms. The molecule has 1 N–H and O–H groups in total. The van der Waals surface area contributed by atoms with Gasteiger partial charge in [-0.2, -0.15) is 0 Å². The van der Waals surface area contributed by atoms with Crippen LogP contribution in [0.15, 0.2) is 12.1 Å². The van der Waals surface area contributed by atoms with Gasteiger partial charge in [0.2, 0.25) is 0 Å². The van der Waals surface area contributed by atoms with Crippen LogP contribution in [0.25, 0.3) is 0 Å². The van der Waals surface area contributed by atoms with E-state index in [1.54, 1.807) is 12.1 Å². The van der Waals surface area contributed by atoms with Crippen LogP contribution < -0.4 is 0 Å². The lowest BCUT2D eigenvalue weighted by molar-refractivity contribution is -0.140. The molecule has 0 fully saturated rings. The van der Waals surface area contributed by atoms with Crippen LogP contribution in [0.5, 0.6) is 0 Å². The number of carbonyl (C=O) groups excluding carboxylic acids is 1. The second-order valence-electron chi connectivity index (χ2n) is 3.86. The van der Waals surface area contributed by atoms with E-state index in [1.165, 1.54) is 6.92 Å². The molecule has 104 valence electrons. The highest BCUT2D eigenvalue weighted by molar-refractivity contribution is 8.13. The average Bonchev–Trinajstić information content (AvgIpc) is 2.32. The van der Waals surface area contributed by atoms with E-state index >= 15 is 0 Å². The first kappa shape index (κ1) is 16.6. The van der Waals surface area contributed by atoms with Gasteiger partial charge in [-0.05, 0) is 24.1 Å². The molecule has 0 aromatic heterocycles. The quantitative estimate of drug-likeness (QED) is 0.817. The number of aliphatic carboxylic acids is 1. The van der Waals surface area contributed by atoms with Gasteiger partial charge in [-0.15, -0.1) is 0 Å². The molecule has 1 atom stereocenters. The van der Waals surface area contributed by atoms with Gasteiger partial charge in [-0.1, -0.05) is 46.6 Å². The van der Waals surface area contributed by atoms with Gasteiger partial charge in [0.1, 0.15) is 0 Å². The van der Waals surface area contributed by atoms with Crippen molar-refractivity contribution >= 4 is 57.6 Å². The van der Waals surface area contributed by atoms with Crippen molar-refractivity contribution in [3.8, 4) is 0 Å². The molecular weight excluding hydrogens is 331 g/mol. The van der Waals surface area contributed by atoms with Crippen molar-refractivity contribution < 1.29 is 14.7 Å². The van der Waals surface area contributed by atoms with Crippen LogP contribution in [0.4, 0.5) is 0 Å². The number of benzene rings is 1. The Morgan fingerprint density at radius 2 is 1.84 bits per heavy atom. The summed E-state index contributed by atoms with van der Waals surface area (Å²) in [5.74, 6) is -1.58. The maximum Gasteiger partial charge on any atom is 0.307 e. The van der Waals surface area contributed by atoms with Gasteiger partial charge in [-0.25, -0.2) is 0 Å². The van der Waals surface area contributed by atoms with Crippen LogP contribution >= 0.6 is 46.6 Å². The Hall–Kier alpha value is -0.420. The molecule has 3 nitrogen and oxygen atoms in total. The van der Waals surface area contributed by atoms with Crippen LogP contribution in [0.1, 0.15) is 12.5 Å². The molecule has 0 radical (unpaired) electrons. The van der Waals surface area contributed by atoms with E-state index in [9.17, 15) is 9.59 Å². The molecule has 1 unspecified atom stereocenters. The molecule has 1 rings (SSSR count). The predicted octanol–water partition coefficient (Wildman–Crippen LogP) is 4.17. The maximum atomic E-state index is 11.2. The van der Waals surface area contributed by atoms with Gasteiger partial charge < -0.3 is 5.11 Å². The minimum Gasteiger partial charge on any atom is -0.481 e. The Morgan fingerprint density at radius 1 is 1.26 bits per heavy atom. The van der Waals surface area contributed by atoms with E-state index in [0.717, 1.165) is 11.8 Å². The molecule has 1 aromatic carbocycles. The Morgan fingerprint density at radius 3 is 2.37 bits per heavy atom. The Kier molecular flexibility index (Phi) is 6.47. The lowest BCUT2D eigenvalue weighted by Crippen LogP contribution is -2.20. The molecule has 0 aliphatic carbocycles. The van der Waals surface area contributed by atoms with Crippen molar-refractivity contribution in [3.63, 3.8) is 0 Å². The molecule has 0 amide bonds. The van der Waals surface area contributed by atoms with E-state index in [1.807, 2.05) is 0 Å². The van der Waals surface area contributed by atoms with Crippen molar-refractivity contribution in [1.29, 1.82) is 0 Å². The fourth-order valence-electron chi connectivity index (χ4n) is 1.44. The van der Waals surface area contributed by atoms with Crippen molar-refractivity contribution in [3.05, 3.63) is 32.8 Å². The zero-order valence-electron chi connectivity index (χ0n) is 9.95. The Labute approximate surface area is 130 Å². The van der Waals surface area contributed by atoms with Gasteiger partial charge in [0.25, 0.3) is 0 Å². The number of carboxylic acid groups (broad SMARTS) is 1. The normalized spacial score (nSPS) is 12.2. The monoisotopic (exact) mass is 340 g/mol. The first-order chi connectivity index (χ1) is 8.82. The molecule has 0 aliphatic heterocycles. The first-order valence-electron chi connectivity index (χ1n) is 5.31. The molecule has 0 saturated carbocycles. The molecule has 7 heteroatoms. The summed E-state index contributed by atoms with van der Waals surface area (Å²) < 4.78 is 0. The van der Waals surface area contributed by atoms with Crippen LogP contribution in [-0.2, 0) is 16.0 Å². The Balaban J connectivity index is 2.94. The van der Waals surface area contributed by atoms with Gasteiger partial charge in [0.05, 0.1) is 16.0 Å². The summed E-state index contributed by atoms with van der Waals surface area (Å²) >= 11 is 18.9. The number of carbonyl (C=O) groups is 2. The molecular formula is C12H11Cl3O3S. The minimum absolute atomic E-state index is 0.130. The first-order valence-corrected chi connectivity index (χ1v) is 7.43. The van der Waals surface area contributed by atoms with E-state index in [-0.39, 0.29) is 22.3 Å². The van der Waals surface area contributed by atoms with E-state index < -0.39 is 11.9 Å². The molecule has 0 heterocycles. The van der Waals surface area contributed by atoms with Gasteiger partial charge in [0, 0.05) is 17.7 Å². The fraction of sp³-hybridized carbons (Fsp3) is 0.333. The summed E-state index contributed by atoms with van der Waals surface area (Å²) in [6, 6.07) is 3.12. The summed E-state index contributed by atoms with van der Waals surface area (Å²) in [4.78, 5) is 22.1. The van der Waals surface area contributed by atoms with Crippen molar-refractivity contribution in [1.82, 2.24) is 0 Å². The van der Waals surface area contributed by atoms with Crippen molar-refractivity contribution in [2.24, 2.45) is 5.92 Å². The standard InChI is InChI=1S/C12H11Cl3O3S/c1-6(16)19-5-7(12(17)18)4-8-9(13)2-3-10(14)11(8)15/h2-3,7H,4-5H2,1H3,(H,17,18). The number of halogens is 3. The number of rotatable bonds is 5. The van der Waals surface area contributed by atoms with Gasteiger partial charge in [0.15, 0.2) is 5.12 Å². The van der Waals surface area contributed by atoms with Gasteiger partial charge in [-0.3, -0.25) is 9.59 Å². The molecule has 19 heavy (non-hydrogen) atoms. The molecule has 1 aromatic rings. The lowest BCUT2D eigenvalue weighted by atomic mass is 10.0.